The molecule has 2 aromatic carbocycles. The zero-order valence-corrected chi connectivity index (χ0v) is 23.8. The van der Waals surface area contributed by atoms with Crippen LogP contribution in [-0.4, -0.2) is 61.2 Å². The van der Waals surface area contributed by atoms with Gasteiger partial charge in [0.25, 0.3) is 6.01 Å². The van der Waals surface area contributed by atoms with Gasteiger partial charge < -0.3 is 25.7 Å². The van der Waals surface area contributed by atoms with Crippen molar-refractivity contribution in [2.75, 3.05) is 31.2 Å². The summed E-state index contributed by atoms with van der Waals surface area (Å²) in [7, 11) is 1.81. The number of hydrogen-bond acceptors (Lipinski definition) is 9. The summed E-state index contributed by atoms with van der Waals surface area (Å²) in [6.45, 7) is 7.24. The van der Waals surface area contributed by atoms with Gasteiger partial charge in [0.05, 0.1) is 17.0 Å². The number of nitrogens with two attached hydrogens (primary N) is 1. The molecule has 1 fully saturated rings. The van der Waals surface area contributed by atoms with E-state index in [1.807, 2.05) is 66.9 Å². The average Bonchev–Trinajstić information content (AvgIpc) is 3.58. The van der Waals surface area contributed by atoms with E-state index in [9.17, 15) is 4.79 Å². The quantitative estimate of drug-likeness (QED) is 0.262. The topological polar surface area (TPSA) is 140 Å². The highest BCUT2D eigenvalue weighted by molar-refractivity contribution is 5.98. The number of nitrogens with zero attached hydrogens (tertiary/aromatic N) is 6. The van der Waals surface area contributed by atoms with Crippen molar-refractivity contribution in [1.29, 1.82) is 0 Å². The number of carbonyl (C=O) groups excluding carboxylic acids is 1. The first-order valence-corrected chi connectivity index (χ1v) is 14.0. The maximum atomic E-state index is 12.9. The van der Waals surface area contributed by atoms with Gasteiger partial charge in [-0.15, -0.1) is 0 Å². The Kier molecular flexibility index (Phi) is 6.82. The summed E-state index contributed by atoms with van der Waals surface area (Å²) in [5.41, 5.74) is 11.7. The molecule has 212 valence electrons. The summed E-state index contributed by atoms with van der Waals surface area (Å²) >= 11 is 0. The molecule has 4 heterocycles. The van der Waals surface area contributed by atoms with Crippen LogP contribution in [0.4, 0.5) is 17.5 Å². The molecule has 0 aliphatic carbocycles. The van der Waals surface area contributed by atoms with Gasteiger partial charge in [-0.25, -0.2) is 14.6 Å². The molecule has 6 rings (SSSR count). The van der Waals surface area contributed by atoms with Crippen molar-refractivity contribution in [3.8, 4) is 11.3 Å². The fraction of sp³-hybridized carbons (Fsp3) is 0.367. The molecule has 3 aromatic heterocycles. The number of likely N-dealkylation sites (N-methyl/N-ethyl adjacent to an activating group) is 1. The second-order valence-electron chi connectivity index (χ2n) is 11.0. The van der Waals surface area contributed by atoms with E-state index < -0.39 is 5.54 Å². The first kappa shape index (κ1) is 26.7. The van der Waals surface area contributed by atoms with Crippen molar-refractivity contribution in [3.63, 3.8) is 0 Å². The smallest absolute Gasteiger partial charge is 0.300 e. The molecule has 11 nitrogen and oxygen atoms in total. The van der Waals surface area contributed by atoms with Crippen molar-refractivity contribution in [1.82, 2.24) is 34.9 Å². The van der Waals surface area contributed by atoms with Crippen LogP contribution in [0.15, 0.2) is 53.2 Å². The molecule has 0 unspecified atom stereocenters. The largest absolute Gasteiger partial charge is 0.423 e. The lowest BCUT2D eigenvalue weighted by Gasteiger charge is -2.37. The number of nitrogen functional groups attached to an aromatic ring is 1. The molecule has 1 amide bonds. The molecule has 1 saturated heterocycles. The summed E-state index contributed by atoms with van der Waals surface area (Å²) in [5, 5.41) is 12.1. The summed E-state index contributed by atoms with van der Waals surface area (Å²) in [4.78, 5) is 28.3. The molecule has 5 aromatic rings. The van der Waals surface area contributed by atoms with Crippen molar-refractivity contribution in [2.45, 2.75) is 51.6 Å². The van der Waals surface area contributed by atoms with E-state index in [-0.39, 0.29) is 11.9 Å². The first-order chi connectivity index (χ1) is 19.8. The minimum absolute atomic E-state index is 0.0932. The maximum Gasteiger partial charge on any atom is 0.300 e. The second-order valence-corrected chi connectivity index (χ2v) is 11.0. The zero-order chi connectivity index (χ0) is 28.7. The Morgan fingerprint density at radius 3 is 2.59 bits per heavy atom. The van der Waals surface area contributed by atoms with Gasteiger partial charge in [-0.2, -0.15) is 10.1 Å². The number of carbonyl (C=O) groups is 1. The van der Waals surface area contributed by atoms with Crippen molar-refractivity contribution in [3.05, 3.63) is 54.4 Å². The highest BCUT2D eigenvalue weighted by Gasteiger charge is 2.34. The lowest BCUT2D eigenvalue weighted by Crippen LogP contribution is -2.54. The van der Waals surface area contributed by atoms with Crippen LogP contribution in [0.25, 0.3) is 33.4 Å². The number of nitrogens with one attached hydrogen (secondary N) is 2. The number of benzene rings is 2. The van der Waals surface area contributed by atoms with Gasteiger partial charge in [0, 0.05) is 24.3 Å². The molecule has 41 heavy (non-hydrogen) atoms. The number of hydrogen-bond donors (Lipinski definition) is 3. The highest BCUT2D eigenvalue weighted by atomic mass is 16.4. The van der Waals surface area contributed by atoms with E-state index in [1.54, 1.807) is 0 Å². The SMILES string of the molecule is CCc1ccc2oc(Nc3ccc(-c4nn(C5CCN(C(=O)C(C)(C)NC)CC5)c5ncnc(N)c45)cc3)nc2c1. The van der Waals surface area contributed by atoms with E-state index in [2.05, 4.69) is 38.6 Å². The molecule has 11 heteroatoms. The molecular weight excluding hydrogens is 518 g/mol. The Morgan fingerprint density at radius 1 is 1.12 bits per heavy atom. The standard InChI is InChI=1S/C30H35N9O2/c1-5-18-6-11-23-22(16-18)36-29(41-23)35-20-9-7-19(8-10-20)25-24-26(31)33-17-34-27(24)39(37-25)21-12-14-38(15-13-21)28(40)30(2,3)32-4/h6-11,16-17,21,32H,5,12-15H2,1-4H3,(H,35,36)(H2,31,33,34). The van der Waals surface area contributed by atoms with Gasteiger partial charge in [-0.3, -0.25) is 4.79 Å². The molecule has 4 N–H and O–H groups in total. The zero-order valence-electron chi connectivity index (χ0n) is 23.8. The van der Waals surface area contributed by atoms with E-state index in [1.165, 1.54) is 11.9 Å². The summed E-state index contributed by atoms with van der Waals surface area (Å²) in [5.74, 6) is 0.494. The number of oxazole rings is 1. The number of likely N-dealkylation sites (tertiary alicyclic amines) is 1. The number of amides is 1. The highest BCUT2D eigenvalue weighted by Crippen LogP contribution is 2.35. The van der Waals surface area contributed by atoms with Crippen molar-refractivity contribution < 1.29 is 9.21 Å². The molecule has 0 atom stereocenters. The van der Waals surface area contributed by atoms with E-state index >= 15 is 0 Å². The molecular formula is C30H35N9O2. The molecule has 1 aliphatic heterocycles. The van der Waals surface area contributed by atoms with Gasteiger partial charge in [-0.05, 0) is 70.0 Å². The van der Waals surface area contributed by atoms with Crippen LogP contribution in [0.2, 0.25) is 0 Å². The third-order valence-corrected chi connectivity index (χ3v) is 8.05. The van der Waals surface area contributed by atoms with Crippen LogP contribution < -0.4 is 16.4 Å². The Labute approximate surface area is 238 Å². The van der Waals surface area contributed by atoms with Crippen LogP contribution in [0.5, 0.6) is 0 Å². The first-order valence-electron chi connectivity index (χ1n) is 14.0. The normalized spacial score (nSPS) is 14.7. The van der Waals surface area contributed by atoms with Gasteiger partial charge >= 0.3 is 0 Å². The number of aryl methyl sites for hydroxylation is 1. The number of fused-ring (bicyclic) bond motifs is 2. The fourth-order valence-corrected chi connectivity index (χ4v) is 5.35. The van der Waals surface area contributed by atoms with Crippen molar-refractivity contribution >= 4 is 45.6 Å². The van der Waals surface area contributed by atoms with E-state index in [4.69, 9.17) is 15.2 Å². The van der Waals surface area contributed by atoms with Crippen molar-refractivity contribution in [2.24, 2.45) is 0 Å². The molecule has 0 saturated carbocycles. The second kappa shape index (κ2) is 10.5. The average molecular weight is 554 g/mol. The molecule has 1 aliphatic rings. The molecule has 0 spiro atoms. The van der Waals surface area contributed by atoms with E-state index in [0.29, 0.717) is 30.6 Å². The van der Waals surface area contributed by atoms with Crippen LogP contribution in [-0.2, 0) is 11.2 Å². The van der Waals surface area contributed by atoms with Crippen LogP contribution in [0, 0.1) is 0 Å². The Hall–Kier alpha value is -4.51. The lowest BCUT2D eigenvalue weighted by atomic mass is 9.99. The number of piperidine rings is 1. The van der Waals surface area contributed by atoms with Crippen LogP contribution in [0.1, 0.15) is 45.2 Å². The number of rotatable bonds is 7. The van der Waals surface area contributed by atoms with Crippen LogP contribution >= 0.6 is 0 Å². The third-order valence-electron chi connectivity index (χ3n) is 8.05. The van der Waals surface area contributed by atoms with Gasteiger partial charge in [0.15, 0.2) is 11.2 Å². The maximum absolute atomic E-state index is 12.9. The monoisotopic (exact) mass is 553 g/mol. The summed E-state index contributed by atoms with van der Waals surface area (Å²) in [6.07, 6.45) is 3.98. The molecule has 0 bridgehead atoms. The predicted octanol–water partition coefficient (Wildman–Crippen LogP) is 4.68. The number of anilines is 3. The minimum Gasteiger partial charge on any atom is -0.423 e. The summed E-state index contributed by atoms with van der Waals surface area (Å²) in [6, 6.07) is 14.5. The molecule has 0 radical (unpaired) electrons. The summed E-state index contributed by atoms with van der Waals surface area (Å²) < 4.78 is 7.84. The van der Waals surface area contributed by atoms with E-state index in [0.717, 1.165) is 52.7 Å². The predicted molar refractivity (Wildman–Crippen MR) is 160 cm³/mol. The van der Waals surface area contributed by atoms with Gasteiger partial charge in [0.1, 0.15) is 23.4 Å². The van der Waals surface area contributed by atoms with Gasteiger partial charge in [-0.1, -0.05) is 25.1 Å². The fourth-order valence-electron chi connectivity index (χ4n) is 5.35. The Morgan fingerprint density at radius 2 is 1.88 bits per heavy atom. The Balaban J connectivity index is 1.24. The Bertz CT molecular complexity index is 1710. The van der Waals surface area contributed by atoms with Gasteiger partial charge in [0.2, 0.25) is 5.91 Å². The van der Waals surface area contributed by atoms with Crippen LogP contribution in [0.3, 0.4) is 0 Å². The lowest BCUT2D eigenvalue weighted by molar-refractivity contribution is -0.138. The minimum atomic E-state index is -0.597. The third kappa shape index (κ3) is 4.97. The number of aromatic nitrogens is 5.